The number of aryl methyl sites for hydroxylation is 1. The van der Waals surface area contributed by atoms with Gasteiger partial charge in [0.15, 0.2) is 17.3 Å². The van der Waals surface area contributed by atoms with E-state index in [1.165, 1.54) is 24.5 Å². The first kappa shape index (κ1) is 24.3. The molecule has 1 saturated carbocycles. The molecule has 0 amide bonds. The summed E-state index contributed by atoms with van der Waals surface area (Å²) in [6, 6.07) is 8.10. The largest absolute Gasteiger partial charge is 0.411 e. The van der Waals surface area contributed by atoms with Crippen molar-refractivity contribution in [2.75, 3.05) is 0 Å². The fourth-order valence-corrected chi connectivity index (χ4v) is 6.07. The number of pyridine rings is 1. The molecule has 0 spiro atoms. The predicted molar refractivity (Wildman–Crippen MR) is 134 cm³/mol. The first-order valence-corrected chi connectivity index (χ1v) is 13.3. The molecule has 5 rings (SSSR count). The van der Waals surface area contributed by atoms with E-state index in [1.54, 1.807) is 18.2 Å². The van der Waals surface area contributed by atoms with Crippen molar-refractivity contribution in [3.63, 3.8) is 0 Å². The summed E-state index contributed by atoms with van der Waals surface area (Å²) in [4.78, 5) is 13.0. The number of oxime groups is 1. The zero-order chi connectivity index (χ0) is 25.4. The minimum Gasteiger partial charge on any atom is -0.411 e. The molecule has 1 N–H and O–H groups in total. The van der Waals surface area contributed by atoms with Gasteiger partial charge in [0.05, 0.1) is 27.5 Å². The molecule has 3 aromatic heterocycles. The zero-order valence-corrected chi connectivity index (χ0v) is 21.0. The Hall–Kier alpha value is -3.37. The molecule has 0 bridgehead atoms. The van der Waals surface area contributed by atoms with Crippen LogP contribution in [0.15, 0.2) is 59.0 Å². The van der Waals surface area contributed by atoms with Crippen LogP contribution < -0.4 is 0 Å². The fraction of sp³-hybridized carbons (Fsp3) is 0.280. The zero-order valence-electron chi connectivity index (χ0n) is 19.4. The second-order valence-corrected chi connectivity index (χ2v) is 11.3. The van der Waals surface area contributed by atoms with Crippen LogP contribution in [0, 0.1) is 18.7 Å². The molecule has 0 radical (unpaired) electrons. The molecular formula is C25H23ClFN5O3S. The van der Waals surface area contributed by atoms with Crippen molar-refractivity contribution >= 4 is 38.4 Å². The Morgan fingerprint density at radius 2 is 2.00 bits per heavy atom. The monoisotopic (exact) mass is 527 g/mol. The highest BCUT2D eigenvalue weighted by Gasteiger charge is 2.26. The number of halogens is 2. The summed E-state index contributed by atoms with van der Waals surface area (Å²) >= 11 is 6.20. The van der Waals surface area contributed by atoms with E-state index in [2.05, 4.69) is 20.1 Å². The average molecular weight is 528 g/mol. The summed E-state index contributed by atoms with van der Waals surface area (Å²) in [5.41, 5.74) is 2.39. The maximum absolute atomic E-state index is 14.7. The van der Waals surface area contributed by atoms with Gasteiger partial charge in [0.2, 0.25) is 0 Å². The van der Waals surface area contributed by atoms with Gasteiger partial charge in [0, 0.05) is 23.3 Å². The summed E-state index contributed by atoms with van der Waals surface area (Å²) in [7, 11) is -3.99. The fourth-order valence-electron chi connectivity index (χ4n) is 4.59. The third-order valence-electron chi connectivity index (χ3n) is 6.44. The van der Waals surface area contributed by atoms with Crippen LogP contribution in [0.3, 0.4) is 0 Å². The van der Waals surface area contributed by atoms with Crippen molar-refractivity contribution in [3.05, 3.63) is 71.0 Å². The van der Waals surface area contributed by atoms with Crippen LogP contribution in [-0.2, 0) is 16.4 Å². The van der Waals surface area contributed by atoms with Crippen molar-refractivity contribution < 1.29 is 18.0 Å². The quantitative estimate of drug-likeness (QED) is 0.275. The lowest BCUT2D eigenvalue weighted by Gasteiger charge is -2.22. The minimum atomic E-state index is -3.99. The molecule has 4 aromatic rings. The Bertz CT molecular complexity index is 1590. The lowest BCUT2D eigenvalue weighted by atomic mass is 9.85. The molecule has 3 heterocycles. The van der Waals surface area contributed by atoms with Gasteiger partial charge in [-0.25, -0.2) is 31.7 Å². The van der Waals surface area contributed by atoms with E-state index in [-0.39, 0.29) is 28.0 Å². The Balaban J connectivity index is 1.60. The molecule has 0 aliphatic heterocycles. The van der Waals surface area contributed by atoms with Gasteiger partial charge in [-0.15, -0.1) is 0 Å². The normalized spacial score (nSPS) is 17.6. The first-order chi connectivity index (χ1) is 17.3. The van der Waals surface area contributed by atoms with Gasteiger partial charge in [-0.2, -0.15) is 0 Å². The molecular weight excluding hydrogens is 505 g/mol. The van der Waals surface area contributed by atoms with Crippen molar-refractivity contribution in [1.82, 2.24) is 18.9 Å². The topological polar surface area (TPSA) is 110 Å². The number of hydrogen-bond donors (Lipinski definition) is 1. The van der Waals surface area contributed by atoms with Crippen LogP contribution in [-0.4, -0.2) is 38.3 Å². The van der Waals surface area contributed by atoms with E-state index in [0.29, 0.717) is 34.5 Å². The number of hydrogen-bond acceptors (Lipinski definition) is 7. The standard InChI is InChI=1S/C25H23ClFN5O3S/c1-15-5-7-19(8-6-15)36(34,35)32-14-21(20-11-17(26)12-29-25(20)32)24-28-13-22(27)23(30-24)10-16-3-2-4-18(9-16)31-33/h5-8,11-14,16,33H,2-4,9-10H2,1H3/b31-18+/t16-/m0/s1. The van der Waals surface area contributed by atoms with Gasteiger partial charge in [-0.05, 0) is 63.1 Å². The minimum absolute atomic E-state index is 0.0845. The summed E-state index contributed by atoms with van der Waals surface area (Å²) in [6.45, 7) is 1.87. The van der Waals surface area contributed by atoms with Crippen LogP contribution in [0.2, 0.25) is 5.02 Å². The maximum Gasteiger partial charge on any atom is 0.269 e. The van der Waals surface area contributed by atoms with Crippen LogP contribution in [0.5, 0.6) is 0 Å². The smallest absolute Gasteiger partial charge is 0.269 e. The molecule has 1 aliphatic carbocycles. The molecule has 8 nitrogen and oxygen atoms in total. The number of nitrogens with zero attached hydrogens (tertiary/aromatic N) is 5. The van der Waals surface area contributed by atoms with E-state index in [4.69, 9.17) is 16.8 Å². The Morgan fingerprint density at radius 3 is 2.75 bits per heavy atom. The van der Waals surface area contributed by atoms with Gasteiger partial charge in [-0.3, -0.25) is 0 Å². The number of benzene rings is 1. The highest BCUT2D eigenvalue weighted by molar-refractivity contribution is 7.90. The third-order valence-corrected chi connectivity index (χ3v) is 8.31. The highest BCUT2D eigenvalue weighted by atomic mass is 35.5. The van der Waals surface area contributed by atoms with E-state index in [1.807, 2.05) is 6.92 Å². The van der Waals surface area contributed by atoms with Crippen LogP contribution in [0.1, 0.15) is 36.9 Å². The number of fused-ring (bicyclic) bond motifs is 1. The molecule has 36 heavy (non-hydrogen) atoms. The third kappa shape index (κ3) is 4.58. The van der Waals surface area contributed by atoms with Gasteiger partial charge >= 0.3 is 0 Å². The van der Waals surface area contributed by atoms with Crippen molar-refractivity contribution in [2.45, 2.75) is 43.9 Å². The number of aromatic nitrogens is 4. The van der Waals surface area contributed by atoms with Gasteiger partial charge < -0.3 is 5.21 Å². The van der Waals surface area contributed by atoms with E-state index < -0.39 is 15.8 Å². The second kappa shape index (κ2) is 9.59. The highest BCUT2D eigenvalue weighted by Crippen LogP contribution is 2.33. The predicted octanol–water partition coefficient (Wildman–Crippen LogP) is 5.39. The summed E-state index contributed by atoms with van der Waals surface area (Å²) in [6.07, 6.45) is 7.24. The number of rotatable bonds is 5. The molecule has 1 aliphatic rings. The van der Waals surface area contributed by atoms with Gasteiger partial charge in [0.25, 0.3) is 10.0 Å². The Morgan fingerprint density at radius 1 is 1.22 bits per heavy atom. The van der Waals surface area contributed by atoms with E-state index >= 15 is 0 Å². The van der Waals surface area contributed by atoms with Gasteiger partial charge in [0.1, 0.15) is 0 Å². The molecule has 11 heteroatoms. The van der Waals surface area contributed by atoms with Gasteiger partial charge in [-0.1, -0.05) is 34.5 Å². The average Bonchev–Trinajstić information content (AvgIpc) is 3.25. The SMILES string of the molecule is Cc1ccc(S(=O)(=O)n2cc(-c3ncc(F)c(C[C@H]4CCC/C(=N\O)C4)n3)c3cc(Cl)cnc32)cc1. The first-order valence-electron chi connectivity index (χ1n) is 11.5. The van der Waals surface area contributed by atoms with Crippen molar-refractivity contribution in [2.24, 2.45) is 11.1 Å². The van der Waals surface area contributed by atoms with Crippen LogP contribution in [0.25, 0.3) is 22.4 Å². The molecule has 1 atom stereocenters. The molecule has 0 unspecified atom stereocenters. The van der Waals surface area contributed by atoms with Crippen molar-refractivity contribution in [3.8, 4) is 11.4 Å². The molecule has 186 valence electrons. The van der Waals surface area contributed by atoms with E-state index in [0.717, 1.165) is 35.0 Å². The van der Waals surface area contributed by atoms with Crippen LogP contribution >= 0.6 is 11.6 Å². The Kier molecular flexibility index (Phi) is 6.48. The molecule has 1 fully saturated rings. The maximum atomic E-state index is 14.7. The lowest BCUT2D eigenvalue weighted by Crippen LogP contribution is -2.18. The second-order valence-electron chi connectivity index (χ2n) is 9.00. The summed E-state index contributed by atoms with van der Waals surface area (Å²) < 4.78 is 42.8. The summed E-state index contributed by atoms with van der Waals surface area (Å²) in [5.74, 6) is -0.287. The molecule has 0 saturated heterocycles. The van der Waals surface area contributed by atoms with Crippen molar-refractivity contribution in [1.29, 1.82) is 0 Å². The molecule has 1 aromatic carbocycles. The van der Waals surface area contributed by atoms with E-state index in [9.17, 15) is 12.8 Å². The lowest BCUT2D eigenvalue weighted by molar-refractivity contribution is 0.309. The van der Waals surface area contributed by atoms with Crippen LogP contribution in [0.4, 0.5) is 4.39 Å². The summed E-state index contributed by atoms with van der Waals surface area (Å²) in [5, 5.41) is 13.2. The Labute approximate surface area is 212 Å².